The number of nitrogens with zero attached hydrogens (tertiary/aromatic N) is 1. The van der Waals surface area contributed by atoms with Crippen molar-refractivity contribution in [3.05, 3.63) is 22.5 Å². The van der Waals surface area contributed by atoms with Gasteiger partial charge in [0.15, 0.2) is 5.78 Å². The third kappa shape index (κ3) is 3.30. The largest absolute Gasteiger partial charge is 0.354 e. The van der Waals surface area contributed by atoms with E-state index in [2.05, 4.69) is 10.3 Å². The molecule has 1 amide bonds. The van der Waals surface area contributed by atoms with Gasteiger partial charge in [-0.2, -0.15) is 0 Å². The van der Waals surface area contributed by atoms with Gasteiger partial charge in [-0.3, -0.25) is 9.59 Å². The highest BCUT2D eigenvalue weighted by Gasteiger charge is 2.29. The highest BCUT2D eigenvalue weighted by Crippen LogP contribution is 2.22. The molecule has 2 N–H and O–H groups in total. The van der Waals surface area contributed by atoms with E-state index in [1.165, 1.54) is 0 Å². The second-order valence-electron chi connectivity index (χ2n) is 5.44. The average Bonchev–Trinajstić information content (AvgIpc) is 2.75. The lowest BCUT2D eigenvalue weighted by Crippen LogP contribution is -2.52. The van der Waals surface area contributed by atoms with Crippen LogP contribution in [0.15, 0.2) is 0 Å². The molecule has 21 heavy (non-hydrogen) atoms. The first kappa shape index (κ1) is 17.7. The molecule has 6 heteroatoms. The van der Waals surface area contributed by atoms with Crippen LogP contribution in [0.25, 0.3) is 0 Å². The van der Waals surface area contributed by atoms with Crippen molar-refractivity contribution in [2.75, 3.05) is 19.6 Å². The van der Waals surface area contributed by atoms with Gasteiger partial charge >= 0.3 is 0 Å². The van der Waals surface area contributed by atoms with Crippen LogP contribution in [0.5, 0.6) is 0 Å². The standard InChI is InChI=1S/C15H23N3O2.ClH/c1-5-12-13(11(4)19)10(3)17-14(12)15(20)18-7-6-16-8-9(18)2;/h9,16-17H,5-8H2,1-4H3;1H. The van der Waals surface area contributed by atoms with Crippen LogP contribution in [0.4, 0.5) is 0 Å². The van der Waals surface area contributed by atoms with Crippen LogP contribution in [0, 0.1) is 6.92 Å². The molecule has 0 aliphatic carbocycles. The van der Waals surface area contributed by atoms with Gasteiger partial charge in [-0.25, -0.2) is 0 Å². The number of aryl methyl sites for hydroxylation is 1. The number of H-pyrrole nitrogens is 1. The van der Waals surface area contributed by atoms with Crippen LogP contribution in [-0.4, -0.2) is 47.3 Å². The smallest absolute Gasteiger partial charge is 0.270 e. The van der Waals surface area contributed by atoms with Crippen molar-refractivity contribution in [1.29, 1.82) is 0 Å². The molecule has 1 aromatic rings. The summed E-state index contributed by atoms with van der Waals surface area (Å²) in [6, 6.07) is 0.172. The molecule has 5 nitrogen and oxygen atoms in total. The maximum atomic E-state index is 12.7. The molecule has 1 atom stereocenters. The van der Waals surface area contributed by atoms with Crippen molar-refractivity contribution in [1.82, 2.24) is 15.2 Å². The van der Waals surface area contributed by atoms with Crippen molar-refractivity contribution in [3.8, 4) is 0 Å². The van der Waals surface area contributed by atoms with Crippen LogP contribution < -0.4 is 5.32 Å². The summed E-state index contributed by atoms with van der Waals surface area (Å²) in [6.07, 6.45) is 0.681. The number of halogens is 1. The fourth-order valence-corrected chi connectivity index (χ4v) is 2.98. The molecule has 0 spiro atoms. The van der Waals surface area contributed by atoms with E-state index in [-0.39, 0.29) is 30.1 Å². The Morgan fingerprint density at radius 3 is 2.57 bits per heavy atom. The van der Waals surface area contributed by atoms with Crippen LogP contribution in [-0.2, 0) is 6.42 Å². The molecular formula is C15H24ClN3O2. The van der Waals surface area contributed by atoms with Gasteiger partial charge in [-0.05, 0) is 32.8 Å². The minimum atomic E-state index is 0. The van der Waals surface area contributed by atoms with E-state index in [0.29, 0.717) is 24.2 Å². The second kappa shape index (κ2) is 7.09. The topological polar surface area (TPSA) is 65.2 Å². The van der Waals surface area contributed by atoms with Crippen molar-refractivity contribution >= 4 is 24.1 Å². The van der Waals surface area contributed by atoms with Gasteiger partial charge in [0.2, 0.25) is 0 Å². The van der Waals surface area contributed by atoms with E-state index in [4.69, 9.17) is 0 Å². The maximum Gasteiger partial charge on any atom is 0.270 e. The van der Waals surface area contributed by atoms with Crippen LogP contribution in [0.1, 0.15) is 52.9 Å². The number of rotatable bonds is 3. The van der Waals surface area contributed by atoms with Crippen molar-refractivity contribution in [3.63, 3.8) is 0 Å². The van der Waals surface area contributed by atoms with E-state index in [1.54, 1.807) is 6.92 Å². The maximum absolute atomic E-state index is 12.7. The van der Waals surface area contributed by atoms with Gasteiger partial charge < -0.3 is 15.2 Å². The Morgan fingerprint density at radius 1 is 1.38 bits per heavy atom. The zero-order valence-electron chi connectivity index (χ0n) is 13.1. The normalized spacial score (nSPS) is 18.3. The molecule has 1 fully saturated rings. The predicted molar refractivity (Wildman–Crippen MR) is 85.5 cm³/mol. The van der Waals surface area contributed by atoms with Crippen LogP contribution in [0.2, 0.25) is 0 Å². The first-order valence-electron chi connectivity index (χ1n) is 7.21. The monoisotopic (exact) mass is 313 g/mol. The molecule has 2 rings (SSSR count). The minimum Gasteiger partial charge on any atom is -0.354 e. The van der Waals surface area contributed by atoms with Crippen LogP contribution >= 0.6 is 12.4 Å². The summed E-state index contributed by atoms with van der Waals surface area (Å²) in [7, 11) is 0. The van der Waals surface area contributed by atoms with Gasteiger partial charge in [0, 0.05) is 36.9 Å². The number of carbonyl (C=O) groups excluding carboxylic acids is 2. The molecule has 2 heterocycles. The first-order chi connectivity index (χ1) is 9.47. The molecule has 118 valence electrons. The number of carbonyl (C=O) groups is 2. The zero-order valence-corrected chi connectivity index (χ0v) is 13.9. The number of ketones is 1. The first-order valence-corrected chi connectivity index (χ1v) is 7.21. The van der Waals surface area contributed by atoms with E-state index in [1.807, 2.05) is 25.7 Å². The lowest BCUT2D eigenvalue weighted by molar-refractivity contribution is 0.0649. The highest BCUT2D eigenvalue weighted by molar-refractivity contribution is 6.02. The lowest BCUT2D eigenvalue weighted by Gasteiger charge is -2.34. The summed E-state index contributed by atoms with van der Waals surface area (Å²) < 4.78 is 0. The summed E-state index contributed by atoms with van der Waals surface area (Å²) in [6.45, 7) is 9.76. The molecule has 0 bridgehead atoms. The van der Waals surface area contributed by atoms with E-state index < -0.39 is 0 Å². The number of hydrogen-bond acceptors (Lipinski definition) is 3. The Balaban J connectivity index is 0.00000220. The summed E-state index contributed by atoms with van der Waals surface area (Å²) in [5, 5.41) is 3.28. The SMILES string of the molecule is CCc1c(C(=O)N2CCNCC2C)[nH]c(C)c1C(C)=O.Cl. The summed E-state index contributed by atoms with van der Waals surface area (Å²) >= 11 is 0. The molecule has 1 aromatic heterocycles. The molecular weight excluding hydrogens is 290 g/mol. The Kier molecular flexibility index (Phi) is 5.98. The molecule has 0 radical (unpaired) electrons. The van der Waals surface area contributed by atoms with Gasteiger partial charge in [0.05, 0.1) is 0 Å². The zero-order chi connectivity index (χ0) is 14.9. The lowest BCUT2D eigenvalue weighted by atomic mass is 10.0. The van der Waals surface area contributed by atoms with E-state index >= 15 is 0 Å². The highest BCUT2D eigenvalue weighted by atomic mass is 35.5. The number of aromatic nitrogens is 1. The molecule has 1 aliphatic rings. The number of aromatic amines is 1. The summed E-state index contributed by atoms with van der Waals surface area (Å²) in [5.74, 6) is 0.0226. The Labute approximate surface area is 131 Å². The van der Waals surface area contributed by atoms with Gasteiger partial charge in [-0.15, -0.1) is 12.4 Å². The molecule has 1 aliphatic heterocycles. The number of piperazine rings is 1. The number of amides is 1. The average molecular weight is 314 g/mol. The molecule has 0 aromatic carbocycles. The minimum absolute atomic E-state index is 0. The van der Waals surface area contributed by atoms with Gasteiger partial charge in [0.25, 0.3) is 5.91 Å². The molecule has 1 saturated heterocycles. The number of hydrogen-bond donors (Lipinski definition) is 2. The fraction of sp³-hybridized carbons (Fsp3) is 0.600. The molecule has 1 unspecified atom stereocenters. The summed E-state index contributed by atoms with van der Waals surface area (Å²) in [4.78, 5) is 29.5. The quantitative estimate of drug-likeness (QED) is 0.838. The summed E-state index contributed by atoms with van der Waals surface area (Å²) in [5.41, 5.74) is 2.91. The van der Waals surface area contributed by atoms with E-state index in [0.717, 1.165) is 24.3 Å². The van der Waals surface area contributed by atoms with Crippen LogP contribution in [0.3, 0.4) is 0 Å². The molecule has 0 saturated carbocycles. The Hall–Kier alpha value is -1.33. The Bertz CT molecular complexity index is 539. The van der Waals surface area contributed by atoms with Crippen molar-refractivity contribution in [2.24, 2.45) is 0 Å². The van der Waals surface area contributed by atoms with Crippen molar-refractivity contribution < 1.29 is 9.59 Å². The Morgan fingerprint density at radius 2 is 2.05 bits per heavy atom. The van der Waals surface area contributed by atoms with E-state index in [9.17, 15) is 9.59 Å². The van der Waals surface area contributed by atoms with Gasteiger partial charge in [0.1, 0.15) is 5.69 Å². The third-order valence-electron chi connectivity index (χ3n) is 3.97. The second-order valence-corrected chi connectivity index (χ2v) is 5.44. The van der Waals surface area contributed by atoms with Crippen molar-refractivity contribution in [2.45, 2.75) is 40.2 Å². The number of nitrogens with one attached hydrogen (secondary N) is 2. The number of Topliss-reactive ketones (excluding diaryl/α,β-unsaturated/α-hetero) is 1. The van der Waals surface area contributed by atoms with Gasteiger partial charge in [-0.1, -0.05) is 6.92 Å². The third-order valence-corrected chi connectivity index (χ3v) is 3.97. The fourth-order valence-electron chi connectivity index (χ4n) is 2.98. The predicted octanol–water partition coefficient (Wildman–Crippen LogP) is 1.94.